The molecule has 1 atom stereocenters. The van der Waals surface area contributed by atoms with Crippen molar-refractivity contribution in [2.24, 2.45) is 11.1 Å². The lowest BCUT2D eigenvalue weighted by atomic mass is 9.92. The fourth-order valence-corrected chi connectivity index (χ4v) is 0.354. The van der Waals surface area contributed by atoms with E-state index < -0.39 is 0 Å². The molecule has 0 heterocycles. The van der Waals surface area contributed by atoms with Crippen molar-refractivity contribution in [2.75, 3.05) is 6.54 Å². The average Bonchev–Trinajstić information content (AvgIpc) is 1.62. The number of hydrogen-bond acceptors (Lipinski definition) is 2. The van der Waals surface area contributed by atoms with Gasteiger partial charge in [0.15, 0.2) is 0 Å². The standard InChI is InChI=1S/C6H15NS/c1-6(2,3)5(8)4-7/h5,8H,4,7H2,1-3H3. The lowest BCUT2D eigenvalue weighted by molar-refractivity contribution is 0.400. The third-order valence-corrected chi connectivity index (χ3v) is 2.21. The summed E-state index contributed by atoms with van der Waals surface area (Å²) in [6.07, 6.45) is 0. The molecule has 0 saturated carbocycles. The topological polar surface area (TPSA) is 26.0 Å². The highest BCUT2D eigenvalue weighted by molar-refractivity contribution is 7.81. The SMILES string of the molecule is CC(C)(C)C(S)CN. The van der Waals surface area contributed by atoms with Crippen molar-refractivity contribution in [3.63, 3.8) is 0 Å². The fourth-order valence-electron chi connectivity index (χ4n) is 0.354. The Balaban J connectivity index is 3.62. The average molecular weight is 133 g/mol. The predicted octanol–water partition coefficient (Wildman–Crippen LogP) is 1.29. The first-order chi connectivity index (χ1) is 3.48. The van der Waals surface area contributed by atoms with Crippen molar-refractivity contribution in [3.05, 3.63) is 0 Å². The highest BCUT2D eigenvalue weighted by atomic mass is 32.1. The zero-order chi connectivity index (χ0) is 6.78. The second kappa shape index (κ2) is 2.74. The van der Waals surface area contributed by atoms with Gasteiger partial charge in [-0.2, -0.15) is 12.6 Å². The molecule has 1 unspecified atom stereocenters. The molecule has 0 aliphatic heterocycles. The summed E-state index contributed by atoms with van der Waals surface area (Å²) in [7, 11) is 0. The zero-order valence-corrected chi connectivity index (χ0v) is 6.70. The van der Waals surface area contributed by atoms with E-state index >= 15 is 0 Å². The van der Waals surface area contributed by atoms with E-state index in [0.717, 1.165) is 0 Å². The number of hydrogen-bond donors (Lipinski definition) is 2. The second-order valence-corrected chi connectivity index (χ2v) is 3.74. The molecule has 2 N–H and O–H groups in total. The molecule has 0 aromatic heterocycles. The minimum absolute atomic E-state index is 0.248. The summed E-state index contributed by atoms with van der Waals surface area (Å²) in [5.41, 5.74) is 5.63. The summed E-state index contributed by atoms with van der Waals surface area (Å²) in [5, 5.41) is 0.322. The van der Waals surface area contributed by atoms with Gasteiger partial charge in [-0.3, -0.25) is 0 Å². The molecule has 0 saturated heterocycles. The smallest absolute Gasteiger partial charge is 0.0188 e. The highest BCUT2D eigenvalue weighted by Crippen LogP contribution is 2.22. The molecular weight excluding hydrogens is 118 g/mol. The minimum Gasteiger partial charge on any atom is -0.329 e. The van der Waals surface area contributed by atoms with E-state index in [1.165, 1.54) is 0 Å². The molecule has 0 aliphatic carbocycles. The molecule has 0 aromatic rings. The van der Waals surface area contributed by atoms with Crippen LogP contribution in [0.4, 0.5) is 0 Å². The van der Waals surface area contributed by atoms with Crippen LogP contribution in [-0.2, 0) is 0 Å². The van der Waals surface area contributed by atoms with Crippen LogP contribution in [0, 0.1) is 5.41 Å². The quantitative estimate of drug-likeness (QED) is 0.518. The van der Waals surface area contributed by atoms with Crippen LogP contribution >= 0.6 is 12.6 Å². The molecule has 0 bridgehead atoms. The van der Waals surface area contributed by atoms with Gasteiger partial charge in [-0.15, -0.1) is 0 Å². The molecule has 0 radical (unpaired) electrons. The Hall–Kier alpha value is 0.310. The zero-order valence-electron chi connectivity index (χ0n) is 5.81. The van der Waals surface area contributed by atoms with Gasteiger partial charge in [-0.25, -0.2) is 0 Å². The summed E-state index contributed by atoms with van der Waals surface area (Å²) in [6, 6.07) is 0. The van der Waals surface area contributed by atoms with Crippen LogP contribution in [0.1, 0.15) is 20.8 Å². The monoisotopic (exact) mass is 133 g/mol. The van der Waals surface area contributed by atoms with Crippen LogP contribution in [0.15, 0.2) is 0 Å². The van der Waals surface area contributed by atoms with Gasteiger partial charge >= 0.3 is 0 Å². The van der Waals surface area contributed by atoms with Gasteiger partial charge < -0.3 is 5.73 Å². The van der Waals surface area contributed by atoms with Gasteiger partial charge in [0.2, 0.25) is 0 Å². The van der Waals surface area contributed by atoms with E-state index in [4.69, 9.17) is 5.73 Å². The van der Waals surface area contributed by atoms with E-state index in [9.17, 15) is 0 Å². The maximum absolute atomic E-state index is 5.38. The first kappa shape index (κ1) is 8.31. The molecule has 8 heavy (non-hydrogen) atoms. The van der Waals surface area contributed by atoms with Crippen molar-refractivity contribution >= 4 is 12.6 Å². The van der Waals surface area contributed by atoms with Crippen molar-refractivity contribution in [3.8, 4) is 0 Å². The van der Waals surface area contributed by atoms with E-state index in [-0.39, 0.29) is 5.41 Å². The van der Waals surface area contributed by atoms with Crippen LogP contribution < -0.4 is 5.73 Å². The maximum Gasteiger partial charge on any atom is 0.0188 e. The normalized spacial score (nSPS) is 16.1. The first-order valence-electron chi connectivity index (χ1n) is 2.86. The number of nitrogens with two attached hydrogens (primary N) is 1. The summed E-state index contributed by atoms with van der Waals surface area (Å²) in [4.78, 5) is 0. The third kappa shape index (κ3) is 2.58. The van der Waals surface area contributed by atoms with Crippen LogP contribution in [0.5, 0.6) is 0 Å². The van der Waals surface area contributed by atoms with Crippen LogP contribution in [0.2, 0.25) is 0 Å². The van der Waals surface area contributed by atoms with Gasteiger partial charge in [-0.1, -0.05) is 20.8 Å². The third-order valence-electron chi connectivity index (χ3n) is 1.22. The van der Waals surface area contributed by atoms with Gasteiger partial charge in [0.05, 0.1) is 0 Å². The van der Waals surface area contributed by atoms with Crippen LogP contribution in [0.25, 0.3) is 0 Å². The molecule has 0 amide bonds. The Morgan fingerprint density at radius 3 is 1.88 bits per heavy atom. The van der Waals surface area contributed by atoms with Crippen molar-refractivity contribution < 1.29 is 0 Å². The van der Waals surface area contributed by atoms with E-state index in [1.54, 1.807) is 0 Å². The molecular formula is C6H15NS. The molecule has 50 valence electrons. The largest absolute Gasteiger partial charge is 0.329 e. The Labute approximate surface area is 57.1 Å². The van der Waals surface area contributed by atoms with Gasteiger partial charge in [0.25, 0.3) is 0 Å². The summed E-state index contributed by atoms with van der Waals surface area (Å²) >= 11 is 4.29. The Morgan fingerprint density at radius 2 is 1.88 bits per heavy atom. The Kier molecular flexibility index (Phi) is 2.84. The second-order valence-electron chi connectivity index (χ2n) is 3.12. The molecule has 1 nitrogen and oxygen atoms in total. The molecule has 0 fully saturated rings. The lowest BCUT2D eigenvalue weighted by Crippen LogP contribution is -2.28. The molecule has 2 heteroatoms. The predicted molar refractivity (Wildman–Crippen MR) is 41.3 cm³/mol. The summed E-state index contributed by atoms with van der Waals surface area (Å²) in [6.45, 7) is 7.07. The lowest BCUT2D eigenvalue weighted by Gasteiger charge is -2.24. The molecule has 0 spiro atoms. The van der Waals surface area contributed by atoms with Gasteiger partial charge in [0, 0.05) is 11.8 Å². The van der Waals surface area contributed by atoms with Crippen molar-refractivity contribution in [1.29, 1.82) is 0 Å². The maximum atomic E-state index is 5.38. The van der Waals surface area contributed by atoms with Gasteiger partial charge in [0.1, 0.15) is 0 Å². The van der Waals surface area contributed by atoms with Gasteiger partial charge in [-0.05, 0) is 5.41 Å². The Bertz CT molecular complexity index is 65.4. The molecule has 0 aromatic carbocycles. The molecule has 0 rings (SSSR count). The van der Waals surface area contributed by atoms with Crippen LogP contribution in [0.3, 0.4) is 0 Å². The fraction of sp³-hybridized carbons (Fsp3) is 1.00. The number of thiol groups is 1. The highest BCUT2D eigenvalue weighted by Gasteiger charge is 2.18. The van der Waals surface area contributed by atoms with E-state index in [2.05, 4.69) is 33.4 Å². The summed E-state index contributed by atoms with van der Waals surface area (Å²) < 4.78 is 0. The molecule has 0 aliphatic rings. The number of rotatable bonds is 1. The van der Waals surface area contributed by atoms with Crippen molar-refractivity contribution in [2.45, 2.75) is 26.0 Å². The van der Waals surface area contributed by atoms with Crippen molar-refractivity contribution in [1.82, 2.24) is 0 Å². The van der Waals surface area contributed by atoms with E-state index in [1.807, 2.05) is 0 Å². The first-order valence-corrected chi connectivity index (χ1v) is 3.38. The Morgan fingerprint density at radius 1 is 1.50 bits per heavy atom. The summed E-state index contributed by atoms with van der Waals surface area (Å²) in [5.74, 6) is 0. The van der Waals surface area contributed by atoms with E-state index in [0.29, 0.717) is 11.8 Å². The minimum atomic E-state index is 0.248. The van der Waals surface area contributed by atoms with Crippen LogP contribution in [-0.4, -0.2) is 11.8 Å².